The second-order valence-electron chi connectivity index (χ2n) is 7.45. The van der Waals surface area contributed by atoms with Crippen molar-refractivity contribution in [3.05, 3.63) is 50.3 Å². The van der Waals surface area contributed by atoms with Gasteiger partial charge in [0.15, 0.2) is 0 Å². The van der Waals surface area contributed by atoms with E-state index < -0.39 is 11.6 Å². The van der Waals surface area contributed by atoms with E-state index in [2.05, 4.69) is 5.10 Å². The van der Waals surface area contributed by atoms with Gasteiger partial charge < -0.3 is 0 Å². The van der Waals surface area contributed by atoms with Crippen molar-refractivity contribution >= 4 is 29.1 Å². The third kappa shape index (κ3) is 4.50. The number of benzene rings is 1. The molecular weight excluding hydrogens is 404 g/mol. The Morgan fingerprint density at radius 1 is 1.36 bits per heavy atom. The van der Waals surface area contributed by atoms with E-state index in [4.69, 9.17) is 28.0 Å². The summed E-state index contributed by atoms with van der Waals surface area (Å²) in [6.07, 6.45) is 0.453. The van der Waals surface area contributed by atoms with Crippen molar-refractivity contribution < 1.29 is 14.0 Å². The van der Waals surface area contributed by atoms with Crippen molar-refractivity contribution in [3.8, 4) is 0 Å². The molecule has 0 N–H and O–H groups in total. The molecule has 0 aliphatic heterocycles. The first-order valence-electron chi connectivity index (χ1n) is 8.93. The van der Waals surface area contributed by atoms with E-state index in [0.717, 1.165) is 11.1 Å². The van der Waals surface area contributed by atoms with Crippen molar-refractivity contribution in [2.75, 3.05) is 7.11 Å². The van der Waals surface area contributed by atoms with E-state index >= 15 is 0 Å². The molecule has 8 heteroatoms. The number of hydroxylamine groups is 2. The van der Waals surface area contributed by atoms with E-state index in [0.29, 0.717) is 22.2 Å². The summed E-state index contributed by atoms with van der Waals surface area (Å²) >= 11 is 12.4. The third-order valence-corrected chi connectivity index (χ3v) is 5.35. The molecule has 0 aliphatic rings. The number of aromatic nitrogens is 2. The van der Waals surface area contributed by atoms with Crippen LogP contribution in [0.3, 0.4) is 0 Å². The molecule has 0 bridgehead atoms. The maximum absolute atomic E-state index is 14.7. The number of carbonyl (C=O) groups is 1. The van der Waals surface area contributed by atoms with Gasteiger partial charge in [-0.15, -0.1) is 0 Å². The minimum absolute atomic E-state index is 0.0902. The van der Waals surface area contributed by atoms with Crippen LogP contribution in [0.2, 0.25) is 10.0 Å². The van der Waals surface area contributed by atoms with Gasteiger partial charge in [0.1, 0.15) is 11.4 Å². The zero-order chi connectivity index (χ0) is 21.4. The van der Waals surface area contributed by atoms with Gasteiger partial charge in [0, 0.05) is 22.8 Å². The van der Waals surface area contributed by atoms with E-state index in [1.807, 2.05) is 19.9 Å². The standard InChI is InChI=1S/C20H26Cl2FN3O2/c1-11-8-14(21)10-16(22)15(11)9-12(2)26(28-7)19(27)17-13(3)25(6)24-18(17)20(4,5)23/h8,10,12H,9H2,1-7H3. The second-order valence-corrected chi connectivity index (χ2v) is 8.30. The molecule has 2 aromatic rings. The van der Waals surface area contributed by atoms with Gasteiger partial charge in [-0.25, -0.2) is 9.45 Å². The lowest BCUT2D eigenvalue weighted by atomic mass is 9.99. The summed E-state index contributed by atoms with van der Waals surface area (Å²) < 4.78 is 16.2. The lowest BCUT2D eigenvalue weighted by Gasteiger charge is -2.28. The molecule has 0 saturated carbocycles. The van der Waals surface area contributed by atoms with Crippen molar-refractivity contribution in [1.29, 1.82) is 0 Å². The minimum atomic E-state index is -1.77. The first-order valence-corrected chi connectivity index (χ1v) is 9.69. The molecule has 0 spiro atoms. The quantitative estimate of drug-likeness (QED) is 0.593. The van der Waals surface area contributed by atoms with Gasteiger partial charge in [0.05, 0.1) is 18.7 Å². The highest BCUT2D eigenvalue weighted by molar-refractivity contribution is 6.35. The van der Waals surface area contributed by atoms with E-state index in [1.54, 1.807) is 20.0 Å². The maximum atomic E-state index is 14.7. The zero-order valence-electron chi connectivity index (χ0n) is 17.2. The Balaban J connectivity index is 2.40. The number of aryl methyl sites for hydroxylation is 2. The topological polar surface area (TPSA) is 47.4 Å². The fourth-order valence-corrected chi connectivity index (χ4v) is 3.89. The normalized spacial score (nSPS) is 12.9. The van der Waals surface area contributed by atoms with Gasteiger partial charge in [-0.3, -0.25) is 14.3 Å². The molecule has 0 fully saturated rings. The van der Waals surface area contributed by atoms with Crippen LogP contribution in [0, 0.1) is 13.8 Å². The van der Waals surface area contributed by atoms with Crippen molar-refractivity contribution in [2.24, 2.45) is 7.05 Å². The van der Waals surface area contributed by atoms with Crippen LogP contribution in [-0.4, -0.2) is 33.9 Å². The Kier molecular flexibility index (Phi) is 6.79. The number of rotatable bonds is 6. The smallest absolute Gasteiger partial charge is 0.274 e. The number of amides is 1. The van der Waals surface area contributed by atoms with Crippen molar-refractivity contribution in [3.63, 3.8) is 0 Å². The molecular formula is C20H26Cl2FN3O2. The zero-order valence-corrected chi connectivity index (χ0v) is 18.7. The number of carbonyl (C=O) groups excluding carboxylic acids is 1. The molecule has 0 saturated heterocycles. The van der Waals surface area contributed by atoms with Gasteiger partial charge in [-0.2, -0.15) is 5.10 Å². The van der Waals surface area contributed by atoms with Crippen LogP contribution >= 0.6 is 23.2 Å². The van der Waals surface area contributed by atoms with Crippen LogP contribution in [0.25, 0.3) is 0 Å². The lowest BCUT2D eigenvalue weighted by Crippen LogP contribution is -2.40. The molecule has 2 rings (SSSR count). The Labute approximate surface area is 175 Å². The van der Waals surface area contributed by atoms with Gasteiger partial charge in [-0.05, 0) is 64.3 Å². The molecule has 154 valence electrons. The molecule has 1 aromatic heterocycles. The molecule has 1 atom stereocenters. The molecule has 0 aliphatic carbocycles. The van der Waals surface area contributed by atoms with Crippen molar-refractivity contribution in [1.82, 2.24) is 14.8 Å². The maximum Gasteiger partial charge on any atom is 0.281 e. The predicted molar refractivity (Wildman–Crippen MR) is 110 cm³/mol. The predicted octanol–water partition coefficient (Wildman–Crippen LogP) is 5.18. The summed E-state index contributed by atoms with van der Waals surface area (Å²) in [5.74, 6) is -0.441. The SMILES string of the molecule is CON(C(=O)c1c(C(C)(C)F)nn(C)c1C)C(C)Cc1c(C)cc(Cl)cc1Cl. The molecule has 1 aromatic carbocycles. The third-order valence-electron chi connectivity index (χ3n) is 4.79. The minimum Gasteiger partial charge on any atom is -0.274 e. The fraction of sp³-hybridized carbons (Fsp3) is 0.500. The number of hydrogen-bond donors (Lipinski definition) is 0. The lowest BCUT2D eigenvalue weighted by molar-refractivity contribution is -0.119. The van der Waals surface area contributed by atoms with E-state index in [-0.39, 0.29) is 17.3 Å². The van der Waals surface area contributed by atoms with Crippen LogP contribution in [0.4, 0.5) is 4.39 Å². The summed E-state index contributed by atoms with van der Waals surface area (Å²) in [7, 11) is 3.09. The summed E-state index contributed by atoms with van der Waals surface area (Å²) in [6.45, 7) is 8.24. The molecule has 1 heterocycles. The monoisotopic (exact) mass is 429 g/mol. The number of halogens is 3. The van der Waals surface area contributed by atoms with Crippen LogP contribution in [0.15, 0.2) is 12.1 Å². The number of alkyl halides is 1. The Bertz CT molecular complexity index is 867. The summed E-state index contributed by atoms with van der Waals surface area (Å²) in [6, 6.07) is 3.14. The Morgan fingerprint density at radius 2 is 1.96 bits per heavy atom. The Hall–Kier alpha value is -1.63. The summed E-state index contributed by atoms with van der Waals surface area (Å²) in [5, 5.41) is 6.53. The van der Waals surface area contributed by atoms with Gasteiger partial charge in [-0.1, -0.05) is 23.2 Å². The second kappa shape index (κ2) is 8.39. The average Bonchev–Trinajstić information content (AvgIpc) is 2.87. The van der Waals surface area contributed by atoms with E-state index in [1.165, 1.54) is 30.7 Å². The van der Waals surface area contributed by atoms with Crippen LogP contribution in [0.1, 0.15) is 53.6 Å². The fourth-order valence-electron chi connectivity index (χ4n) is 3.22. The van der Waals surface area contributed by atoms with Gasteiger partial charge in [0.2, 0.25) is 0 Å². The first kappa shape index (κ1) is 22.7. The molecule has 28 heavy (non-hydrogen) atoms. The molecule has 1 unspecified atom stereocenters. The van der Waals surface area contributed by atoms with Crippen LogP contribution in [-0.2, 0) is 24.0 Å². The highest BCUT2D eigenvalue weighted by atomic mass is 35.5. The van der Waals surface area contributed by atoms with Crippen LogP contribution < -0.4 is 0 Å². The summed E-state index contributed by atoms with van der Waals surface area (Å²) in [4.78, 5) is 18.7. The van der Waals surface area contributed by atoms with Crippen LogP contribution in [0.5, 0.6) is 0 Å². The van der Waals surface area contributed by atoms with Crippen molar-refractivity contribution in [2.45, 2.75) is 52.8 Å². The highest BCUT2D eigenvalue weighted by Crippen LogP contribution is 2.31. The largest absolute Gasteiger partial charge is 0.281 e. The first-order chi connectivity index (χ1) is 12.9. The number of nitrogens with zero attached hydrogens (tertiary/aromatic N) is 3. The van der Waals surface area contributed by atoms with Gasteiger partial charge >= 0.3 is 0 Å². The molecule has 5 nitrogen and oxygen atoms in total. The summed E-state index contributed by atoms with van der Waals surface area (Å²) in [5.41, 5.74) is 0.907. The number of hydrogen-bond acceptors (Lipinski definition) is 3. The highest BCUT2D eigenvalue weighted by Gasteiger charge is 2.35. The average molecular weight is 430 g/mol. The van der Waals surface area contributed by atoms with E-state index in [9.17, 15) is 9.18 Å². The Morgan fingerprint density at radius 3 is 2.46 bits per heavy atom. The molecule has 0 radical (unpaired) electrons. The van der Waals surface area contributed by atoms with Gasteiger partial charge in [0.25, 0.3) is 5.91 Å². The molecule has 1 amide bonds.